The zero-order chi connectivity index (χ0) is 10.3. The van der Waals surface area contributed by atoms with Crippen LogP contribution in [0.1, 0.15) is 33.6 Å². The van der Waals surface area contributed by atoms with Gasteiger partial charge >= 0.3 is 0 Å². The van der Waals surface area contributed by atoms with Crippen LogP contribution in [0.25, 0.3) is 0 Å². The van der Waals surface area contributed by atoms with E-state index in [0.29, 0.717) is 0 Å². The summed E-state index contributed by atoms with van der Waals surface area (Å²) in [4.78, 5) is 0. The second-order valence-corrected chi connectivity index (χ2v) is 3.32. The van der Waals surface area contributed by atoms with Gasteiger partial charge in [0, 0.05) is 6.04 Å². The predicted molar refractivity (Wildman–Crippen MR) is 60.6 cm³/mol. The Morgan fingerprint density at radius 2 is 2.15 bits per heavy atom. The Balaban J connectivity index is 4.50. The van der Waals surface area contributed by atoms with Gasteiger partial charge in [-0.05, 0) is 25.8 Å². The molecule has 0 unspecified atom stereocenters. The second kappa shape index (κ2) is 6.67. The predicted octanol–water partition coefficient (Wildman–Crippen LogP) is 3.19. The minimum Gasteiger partial charge on any atom is -0.324 e. The van der Waals surface area contributed by atoms with E-state index in [2.05, 4.69) is 19.6 Å². The Morgan fingerprint density at radius 1 is 1.54 bits per heavy atom. The van der Waals surface area contributed by atoms with Crippen LogP contribution in [0.5, 0.6) is 0 Å². The lowest BCUT2D eigenvalue weighted by atomic mass is 9.97. The van der Waals surface area contributed by atoms with Gasteiger partial charge in [0.15, 0.2) is 0 Å². The monoisotopic (exact) mass is 179 g/mol. The van der Waals surface area contributed by atoms with Crippen molar-refractivity contribution in [3.05, 3.63) is 36.0 Å². The zero-order valence-electron chi connectivity index (χ0n) is 9.01. The molecule has 1 heteroatoms. The molecule has 2 N–H and O–H groups in total. The molecular formula is C12H21N. The van der Waals surface area contributed by atoms with Crippen molar-refractivity contribution in [1.29, 1.82) is 0 Å². The van der Waals surface area contributed by atoms with Gasteiger partial charge in [0.25, 0.3) is 0 Å². The van der Waals surface area contributed by atoms with Crippen molar-refractivity contribution in [2.24, 2.45) is 5.73 Å². The minimum absolute atomic E-state index is 0.138. The highest BCUT2D eigenvalue weighted by Crippen LogP contribution is 2.14. The molecule has 0 aromatic rings. The van der Waals surface area contributed by atoms with Gasteiger partial charge in [0.05, 0.1) is 0 Å². The van der Waals surface area contributed by atoms with E-state index in [1.807, 2.05) is 26.0 Å². The van der Waals surface area contributed by atoms with Crippen molar-refractivity contribution in [3.63, 3.8) is 0 Å². The topological polar surface area (TPSA) is 26.0 Å². The standard InChI is InChI=1S/C12H21N/c1-5-7-9-11(10(3)4)12(13)8-6-2/h5,7,9,12H,3,6,8,13H2,1-2,4H3/b7-5-,11-9+/t12-/m1/s1. The smallest absolute Gasteiger partial charge is 0.0297 e. The first kappa shape index (κ1) is 12.2. The molecule has 13 heavy (non-hydrogen) atoms. The highest BCUT2D eigenvalue weighted by molar-refractivity contribution is 5.34. The first-order chi connectivity index (χ1) is 6.13. The van der Waals surface area contributed by atoms with E-state index in [1.54, 1.807) is 0 Å². The van der Waals surface area contributed by atoms with Crippen LogP contribution in [0.2, 0.25) is 0 Å². The van der Waals surface area contributed by atoms with E-state index < -0.39 is 0 Å². The van der Waals surface area contributed by atoms with Crippen molar-refractivity contribution in [1.82, 2.24) is 0 Å². The molecule has 0 bridgehead atoms. The van der Waals surface area contributed by atoms with Gasteiger partial charge in [-0.25, -0.2) is 0 Å². The fourth-order valence-corrected chi connectivity index (χ4v) is 1.25. The van der Waals surface area contributed by atoms with E-state index in [-0.39, 0.29) is 6.04 Å². The molecule has 0 aliphatic rings. The molecule has 0 rings (SSSR count). The first-order valence-corrected chi connectivity index (χ1v) is 4.87. The van der Waals surface area contributed by atoms with Crippen molar-refractivity contribution in [3.8, 4) is 0 Å². The third-order valence-electron chi connectivity index (χ3n) is 1.96. The Hall–Kier alpha value is -0.820. The summed E-state index contributed by atoms with van der Waals surface area (Å²) < 4.78 is 0. The van der Waals surface area contributed by atoms with Crippen LogP contribution in [-0.4, -0.2) is 6.04 Å². The van der Waals surface area contributed by atoms with Crippen LogP contribution in [0.15, 0.2) is 36.0 Å². The summed E-state index contributed by atoms with van der Waals surface area (Å²) in [5.41, 5.74) is 8.24. The second-order valence-electron chi connectivity index (χ2n) is 3.32. The average Bonchev–Trinajstić information content (AvgIpc) is 2.05. The third-order valence-corrected chi connectivity index (χ3v) is 1.96. The van der Waals surface area contributed by atoms with Crippen molar-refractivity contribution < 1.29 is 0 Å². The Labute approximate surface area is 82.0 Å². The van der Waals surface area contributed by atoms with Gasteiger partial charge in [-0.15, -0.1) is 0 Å². The summed E-state index contributed by atoms with van der Waals surface area (Å²) >= 11 is 0. The molecular weight excluding hydrogens is 158 g/mol. The molecule has 0 saturated carbocycles. The van der Waals surface area contributed by atoms with Crippen LogP contribution in [0.3, 0.4) is 0 Å². The Kier molecular flexibility index (Phi) is 6.25. The Bertz CT molecular complexity index is 211. The van der Waals surface area contributed by atoms with Crippen LogP contribution >= 0.6 is 0 Å². The SMILES string of the molecule is C=C(C)/C(=C\C=C/C)[C@H](N)CCC. The average molecular weight is 179 g/mol. The maximum atomic E-state index is 6.01. The number of nitrogens with two attached hydrogens (primary N) is 1. The molecule has 0 fully saturated rings. The number of hydrogen-bond acceptors (Lipinski definition) is 1. The number of allylic oxidation sites excluding steroid dienone is 3. The molecule has 0 heterocycles. The first-order valence-electron chi connectivity index (χ1n) is 4.87. The molecule has 0 saturated heterocycles. The van der Waals surface area contributed by atoms with Gasteiger partial charge in [-0.2, -0.15) is 0 Å². The fourth-order valence-electron chi connectivity index (χ4n) is 1.25. The molecule has 0 spiro atoms. The largest absolute Gasteiger partial charge is 0.324 e. The normalized spacial score (nSPS) is 14.9. The molecule has 0 aliphatic carbocycles. The summed E-state index contributed by atoms with van der Waals surface area (Å²) in [6.45, 7) is 10.1. The highest BCUT2D eigenvalue weighted by atomic mass is 14.6. The van der Waals surface area contributed by atoms with Crippen molar-refractivity contribution in [2.45, 2.75) is 39.7 Å². The van der Waals surface area contributed by atoms with E-state index in [4.69, 9.17) is 5.73 Å². The Morgan fingerprint density at radius 3 is 2.54 bits per heavy atom. The van der Waals surface area contributed by atoms with Gasteiger partial charge < -0.3 is 5.73 Å². The van der Waals surface area contributed by atoms with Gasteiger partial charge in [-0.1, -0.05) is 43.7 Å². The molecule has 74 valence electrons. The van der Waals surface area contributed by atoms with E-state index in [9.17, 15) is 0 Å². The third kappa shape index (κ3) is 4.69. The maximum absolute atomic E-state index is 6.01. The van der Waals surface area contributed by atoms with Gasteiger partial charge in [-0.3, -0.25) is 0 Å². The lowest BCUT2D eigenvalue weighted by Gasteiger charge is -2.14. The van der Waals surface area contributed by atoms with E-state index >= 15 is 0 Å². The minimum atomic E-state index is 0.138. The van der Waals surface area contributed by atoms with E-state index in [1.165, 1.54) is 5.57 Å². The molecule has 1 atom stereocenters. The van der Waals surface area contributed by atoms with Gasteiger partial charge in [0.2, 0.25) is 0 Å². The lowest BCUT2D eigenvalue weighted by molar-refractivity contribution is 0.679. The summed E-state index contributed by atoms with van der Waals surface area (Å²) in [7, 11) is 0. The lowest BCUT2D eigenvalue weighted by Crippen LogP contribution is -2.22. The van der Waals surface area contributed by atoms with Crippen molar-refractivity contribution >= 4 is 0 Å². The number of hydrogen-bond donors (Lipinski definition) is 1. The van der Waals surface area contributed by atoms with Crippen LogP contribution < -0.4 is 5.73 Å². The summed E-state index contributed by atoms with van der Waals surface area (Å²) in [6, 6.07) is 0.138. The molecule has 0 amide bonds. The molecule has 0 aromatic carbocycles. The highest BCUT2D eigenvalue weighted by Gasteiger charge is 2.07. The van der Waals surface area contributed by atoms with Gasteiger partial charge in [0.1, 0.15) is 0 Å². The van der Waals surface area contributed by atoms with Crippen molar-refractivity contribution in [2.75, 3.05) is 0 Å². The van der Waals surface area contributed by atoms with Crippen LogP contribution in [0.4, 0.5) is 0 Å². The molecule has 0 aromatic heterocycles. The molecule has 1 nitrogen and oxygen atoms in total. The fraction of sp³-hybridized carbons (Fsp3) is 0.500. The number of rotatable bonds is 5. The van der Waals surface area contributed by atoms with Crippen LogP contribution in [0, 0.1) is 0 Å². The van der Waals surface area contributed by atoms with E-state index in [0.717, 1.165) is 18.4 Å². The maximum Gasteiger partial charge on any atom is 0.0297 e. The molecule has 0 aliphatic heterocycles. The quantitative estimate of drug-likeness (QED) is 0.644. The summed E-state index contributed by atoms with van der Waals surface area (Å²) in [6.07, 6.45) is 8.21. The summed E-state index contributed by atoms with van der Waals surface area (Å²) in [5.74, 6) is 0. The zero-order valence-corrected chi connectivity index (χ0v) is 9.01. The molecule has 0 radical (unpaired) electrons. The summed E-state index contributed by atoms with van der Waals surface area (Å²) in [5, 5.41) is 0. The van der Waals surface area contributed by atoms with Crippen LogP contribution in [-0.2, 0) is 0 Å².